The fourth-order valence-corrected chi connectivity index (χ4v) is 4.99. The first-order valence-corrected chi connectivity index (χ1v) is 12.8. The van der Waals surface area contributed by atoms with Gasteiger partial charge in [0.25, 0.3) is 17.7 Å². The second kappa shape index (κ2) is 10.7. The van der Waals surface area contributed by atoms with Crippen LogP contribution in [0.2, 0.25) is 0 Å². The van der Waals surface area contributed by atoms with Gasteiger partial charge in [0.15, 0.2) is 0 Å². The Hall–Kier alpha value is -3.19. The number of nitrogens with zero attached hydrogens (tertiary/aromatic N) is 2. The van der Waals surface area contributed by atoms with E-state index in [4.69, 9.17) is 9.57 Å². The molecule has 0 saturated carbocycles. The smallest absolute Gasteiger partial charge is 0.285 e. The van der Waals surface area contributed by atoms with Gasteiger partial charge in [0.05, 0.1) is 23.8 Å². The number of hydrogen-bond donors (Lipinski definition) is 0. The second-order valence-electron chi connectivity index (χ2n) is 11.2. The maximum atomic E-state index is 12.9. The van der Waals surface area contributed by atoms with E-state index in [0.29, 0.717) is 23.3 Å². The van der Waals surface area contributed by atoms with Crippen molar-refractivity contribution in [1.82, 2.24) is 9.96 Å². The van der Waals surface area contributed by atoms with Gasteiger partial charge in [-0.1, -0.05) is 32.9 Å². The number of carbonyl (C=O) groups excluding carboxylic acids is 3. The molecule has 0 spiro atoms. The van der Waals surface area contributed by atoms with E-state index < -0.39 is 17.9 Å². The van der Waals surface area contributed by atoms with Gasteiger partial charge in [-0.05, 0) is 81.2 Å². The average Bonchev–Trinajstić information content (AvgIpc) is 3.07. The number of ether oxygens (including phenoxy) is 1. The molecule has 2 aromatic rings. The van der Waals surface area contributed by atoms with Crippen molar-refractivity contribution in [2.45, 2.75) is 67.9 Å². The predicted molar refractivity (Wildman–Crippen MR) is 144 cm³/mol. The normalized spacial score (nSPS) is 15.0. The molecule has 1 heterocycles. The molecule has 2 aromatic carbocycles. The van der Waals surface area contributed by atoms with Crippen LogP contribution in [0.3, 0.4) is 0 Å². The van der Waals surface area contributed by atoms with Gasteiger partial charge in [0, 0.05) is 25.2 Å². The van der Waals surface area contributed by atoms with Gasteiger partial charge >= 0.3 is 0 Å². The summed E-state index contributed by atoms with van der Waals surface area (Å²) in [5.74, 6) is 0.0213. The minimum atomic E-state index is -0.427. The Morgan fingerprint density at radius 3 is 1.97 bits per heavy atom. The number of carbonyl (C=O) groups is 3. The van der Waals surface area contributed by atoms with Crippen molar-refractivity contribution in [3.63, 3.8) is 0 Å². The predicted octanol–water partition coefficient (Wildman–Crippen LogP) is 5.67. The monoisotopic (exact) mass is 508 g/mol. The highest BCUT2D eigenvalue weighted by atomic mass is 16.7. The molecule has 0 fully saturated rings. The van der Waals surface area contributed by atoms with Crippen molar-refractivity contribution in [2.75, 3.05) is 20.7 Å². The number of rotatable bonds is 9. The van der Waals surface area contributed by atoms with Gasteiger partial charge in [-0.3, -0.25) is 19.2 Å². The Labute approximate surface area is 220 Å². The SMILES string of the molecule is Cc1c(C)c(OCC(C)CC(C)(C)C(C)ON2C(=O)c3ccccc3C2=O)c(C)c(C(=O)N(C)C)c1C. The van der Waals surface area contributed by atoms with Crippen LogP contribution in [0.4, 0.5) is 0 Å². The van der Waals surface area contributed by atoms with Gasteiger partial charge in [0.1, 0.15) is 5.75 Å². The zero-order valence-electron chi connectivity index (χ0n) is 23.8. The molecule has 2 unspecified atom stereocenters. The Kier molecular flexibility index (Phi) is 8.18. The van der Waals surface area contributed by atoms with Crippen LogP contribution in [0.25, 0.3) is 0 Å². The first-order chi connectivity index (χ1) is 17.2. The molecule has 0 aromatic heterocycles. The molecule has 3 amide bonds. The molecule has 0 aliphatic carbocycles. The molecule has 0 bridgehead atoms. The zero-order chi connectivity index (χ0) is 27.8. The summed E-state index contributed by atoms with van der Waals surface area (Å²) in [6.45, 7) is 16.6. The van der Waals surface area contributed by atoms with Gasteiger partial charge < -0.3 is 9.64 Å². The number of hydrogen-bond acceptors (Lipinski definition) is 5. The largest absolute Gasteiger partial charge is 0.493 e. The summed E-state index contributed by atoms with van der Waals surface area (Å²) in [5, 5.41) is 0.892. The van der Waals surface area contributed by atoms with E-state index in [1.165, 1.54) is 0 Å². The number of hydroxylamine groups is 2. The summed E-state index contributed by atoms with van der Waals surface area (Å²) < 4.78 is 6.34. The fourth-order valence-electron chi connectivity index (χ4n) is 4.99. The number of amides is 3. The van der Waals surface area contributed by atoms with Crippen molar-refractivity contribution >= 4 is 17.7 Å². The van der Waals surface area contributed by atoms with Crippen LogP contribution in [0.1, 0.15) is 87.4 Å². The lowest BCUT2D eigenvalue weighted by molar-refractivity contribution is -0.162. The number of fused-ring (bicyclic) bond motifs is 1. The fraction of sp³-hybridized carbons (Fsp3) is 0.500. The van der Waals surface area contributed by atoms with E-state index in [1.54, 1.807) is 43.3 Å². The molecule has 200 valence electrons. The summed E-state index contributed by atoms with van der Waals surface area (Å²) in [6, 6.07) is 6.76. The highest BCUT2D eigenvalue weighted by Crippen LogP contribution is 2.36. The van der Waals surface area contributed by atoms with Crippen LogP contribution in [-0.4, -0.2) is 54.5 Å². The van der Waals surface area contributed by atoms with E-state index in [9.17, 15) is 14.4 Å². The third kappa shape index (κ3) is 5.42. The van der Waals surface area contributed by atoms with E-state index >= 15 is 0 Å². The Morgan fingerprint density at radius 1 is 0.919 bits per heavy atom. The topological polar surface area (TPSA) is 76.1 Å². The molecule has 7 nitrogen and oxygen atoms in total. The molecule has 0 N–H and O–H groups in total. The Bertz CT molecular complexity index is 1200. The van der Waals surface area contributed by atoms with E-state index in [0.717, 1.165) is 39.5 Å². The first kappa shape index (κ1) is 28.4. The summed E-state index contributed by atoms with van der Waals surface area (Å²) >= 11 is 0. The lowest BCUT2D eigenvalue weighted by atomic mass is 9.79. The van der Waals surface area contributed by atoms with Crippen LogP contribution < -0.4 is 4.74 Å². The summed E-state index contributed by atoms with van der Waals surface area (Å²) in [7, 11) is 3.51. The van der Waals surface area contributed by atoms with Gasteiger partial charge in [0.2, 0.25) is 0 Å². The van der Waals surface area contributed by atoms with Crippen molar-refractivity contribution in [3.05, 3.63) is 63.2 Å². The molecule has 1 aliphatic rings. The van der Waals surface area contributed by atoms with Crippen molar-refractivity contribution < 1.29 is 24.0 Å². The molecule has 2 atom stereocenters. The van der Waals surface area contributed by atoms with Crippen LogP contribution in [0.15, 0.2) is 24.3 Å². The molecule has 0 radical (unpaired) electrons. The van der Waals surface area contributed by atoms with Crippen molar-refractivity contribution in [1.29, 1.82) is 0 Å². The summed E-state index contributed by atoms with van der Waals surface area (Å²) in [4.78, 5) is 45.8. The van der Waals surface area contributed by atoms with Crippen molar-refractivity contribution in [3.8, 4) is 5.75 Å². The van der Waals surface area contributed by atoms with Gasteiger partial charge in [-0.15, -0.1) is 5.06 Å². The van der Waals surface area contributed by atoms with E-state index in [1.807, 2.05) is 34.6 Å². The third-order valence-electron chi connectivity index (χ3n) is 7.68. The number of imide groups is 1. The van der Waals surface area contributed by atoms with Gasteiger partial charge in [-0.2, -0.15) is 0 Å². The lowest BCUT2D eigenvalue weighted by Gasteiger charge is -2.35. The van der Waals surface area contributed by atoms with Gasteiger partial charge in [-0.25, -0.2) is 0 Å². The van der Waals surface area contributed by atoms with E-state index in [2.05, 4.69) is 20.8 Å². The molecule has 0 saturated heterocycles. The van der Waals surface area contributed by atoms with E-state index in [-0.39, 0.29) is 17.2 Å². The zero-order valence-corrected chi connectivity index (χ0v) is 23.8. The highest BCUT2D eigenvalue weighted by molar-refractivity contribution is 6.20. The molecular weight excluding hydrogens is 468 g/mol. The van der Waals surface area contributed by atoms with Crippen molar-refractivity contribution in [2.24, 2.45) is 11.3 Å². The molecule has 3 rings (SSSR count). The summed E-state index contributed by atoms with van der Waals surface area (Å²) in [5.41, 5.74) is 5.01. The second-order valence-corrected chi connectivity index (χ2v) is 11.2. The maximum absolute atomic E-state index is 12.9. The Balaban J connectivity index is 1.69. The molecule has 7 heteroatoms. The van der Waals surface area contributed by atoms with Crippen LogP contribution >= 0.6 is 0 Å². The number of benzene rings is 2. The van der Waals surface area contributed by atoms with Crippen LogP contribution in [0, 0.1) is 39.0 Å². The molecule has 37 heavy (non-hydrogen) atoms. The first-order valence-electron chi connectivity index (χ1n) is 12.8. The molecular formula is C30H40N2O5. The quantitative estimate of drug-likeness (QED) is 0.408. The lowest BCUT2D eigenvalue weighted by Crippen LogP contribution is -2.40. The standard InChI is InChI=1S/C30H40N2O5/c1-17(16-36-26-20(4)18(2)19(3)25(21(26)5)29(35)31(9)10)15-30(7,8)22(6)37-32-27(33)23-13-11-12-14-24(23)28(32)34/h11-14,17,22H,15-16H2,1-10H3. The minimum absolute atomic E-state index is 0.0312. The van der Waals surface area contributed by atoms with Crippen LogP contribution in [0.5, 0.6) is 5.75 Å². The third-order valence-corrected chi connectivity index (χ3v) is 7.68. The molecule has 1 aliphatic heterocycles. The summed E-state index contributed by atoms with van der Waals surface area (Å²) in [6.07, 6.45) is 0.343. The maximum Gasteiger partial charge on any atom is 0.285 e. The Morgan fingerprint density at radius 2 is 1.46 bits per heavy atom. The highest BCUT2D eigenvalue weighted by Gasteiger charge is 2.40. The van der Waals surface area contributed by atoms with Crippen LogP contribution in [-0.2, 0) is 4.84 Å². The average molecular weight is 509 g/mol. The minimum Gasteiger partial charge on any atom is -0.493 e.